The Kier molecular flexibility index (Phi) is 3.91. The molecule has 26 heavy (non-hydrogen) atoms. The van der Waals surface area contributed by atoms with Crippen molar-refractivity contribution in [2.24, 2.45) is 0 Å². The fourth-order valence-electron chi connectivity index (χ4n) is 3.30. The second-order valence-corrected chi connectivity index (χ2v) is 6.27. The predicted molar refractivity (Wildman–Crippen MR) is 89.7 cm³/mol. The minimum absolute atomic E-state index is 0.241. The normalized spacial score (nSPS) is 19.3. The molecule has 2 N–H and O–H groups in total. The molecule has 2 aliphatic rings. The number of hydrogen-bond acceptors (Lipinski definition) is 2. The molecule has 7 heteroatoms. The van der Waals surface area contributed by atoms with Gasteiger partial charge in [0.25, 0.3) is 5.91 Å². The molecule has 132 valence electrons. The van der Waals surface area contributed by atoms with Crippen LogP contribution in [0.2, 0.25) is 0 Å². The van der Waals surface area contributed by atoms with Crippen molar-refractivity contribution in [1.29, 1.82) is 0 Å². The second kappa shape index (κ2) is 6.25. The molecule has 3 amide bonds. The number of urea groups is 1. The predicted octanol–water partition coefficient (Wildman–Crippen LogP) is 2.62. The van der Waals surface area contributed by atoms with Gasteiger partial charge in [0.15, 0.2) is 0 Å². The first-order valence-electron chi connectivity index (χ1n) is 8.11. The van der Waals surface area contributed by atoms with Crippen LogP contribution in [-0.2, 0) is 11.3 Å². The minimum Gasteiger partial charge on any atom is -0.329 e. The van der Waals surface area contributed by atoms with Crippen LogP contribution in [0, 0.1) is 11.6 Å². The van der Waals surface area contributed by atoms with E-state index in [0.29, 0.717) is 16.8 Å². The third kappa shape index (κ3) is 2.92. The van der Waals surface area contributed by atoms with Gasteiger partial charge >= 0.3 is 6.03 Å². The molecular weight excluding hydrogens is 340 g/mol. The molecule has 4 rings (SSSR count). The molecule has 2 heterocycles. The van der Waals surface area contributed by atoms with E-state index in [1.54, 1.807) is 23.1 Å². The lowest BCUT2D eigenvalue weighted by atomic mass is 9.96. The van der Waals surface area contributed by atoms with Crippen LogP contribution in [0.3, 0.4) is 0 Å². The van der Waals surface area contributed by atoms with Crippen molar-refractivity contribution in [1.82, 2.24) is 15.5 Å². The Hall–Kier alpha value is -3.22. The molecule has 0 spiro atoms. The van der Waals surface area contributed by atoms with Gasteiger partial charge in [-0.15, -0.1) is 0 Å². The number of amides is 3. The summed E-state index contributed by atoms with van der Waals surface area (Å²) in [4.78, 5) is 26.4. The molecule has 2 aromatic carbocycles. The smallest absolute Gasteiger partial charge is 0.319 e. The maximum Gasteiger partial charge on any atom is 0.319 e. The second-order valence-electron chi connectivity index (χ2n) is 6.27. The molecule has 0 aromatic heterocycles. The van der Waals surface area contributed by atoms with E-state index in [-0.39, 0.29) is 24.8 Å². The van der Waals surface area contributed by atoms with Crippen molar-refractivity contribution in [2.75, 3.05) is 6.54 Å². The van der Waals surface area contributed by atoms with E-state index < -0.39 is 17.9 Å². The molecule has 0 fully saturated rings. The molecule has 2 aliphatic heterocycles. The average Bonchev–Trinajstić information content (AvgIpc) is 2.92. The zero-order chi connectivity index (χ0) is 18.3. The zero-order valence-electron chi connectivity index (χ0n) is 13.6. The Balaban J connectivity index is 1.62. The van der Waals surface area contributed by atoms with Gasteiger partial charge < -0.3 is 15.5 Å². The third-order valence-electron chi connectivity index (χ3n) is 4.49. The van der Waals surface area contributed by atoms with Crippen molar-refractivity contribution in [2.45, 2.75) is 12.6 Å². The molecule has 2 aromatic rings. The summed E-state index contributed by atoms with van der Waals surface area (Å²) < 4.78 is 26.6. The molecule has 0 saturated carbocycles. The summed E-state index contributed by atoms with van der Waals surface area (Å²) in [5, 5.41) is 5.34. The first kappa shape index (κ1) is 16.3. The Labute approximate surface area is 148 Å². The molecule has 0 saturated heterocycles. The van der Waals surface area contributed by atoms with E-state index >= 15 is 0 Å². The summed E-state index contributed by atoms with van der Waals surface area (Å²) >= 11 is 0. The molecule has 0 unspecified atom stereocenters. The van der Waals surface area contributed by atoms with Gasteiger partial charge in [0, 0.05) is 6.54 Å². The number of nitrogens with one attached hydrogen (secondary N) is 2. The van der Waals surface area contributed by atoms with Gasteiger partial charge in [0.1, 0.15) is 11.6 Å². The van der Waals surface area contributed by atoms with Gasteiger partial charge in [-0.2, -0.15) is 0 Å². The number of hydrogen-bond donors (Lipinski definition) is 2. The van der Waals surface area contributed by atoms with Crippen LogP contribution in [0.5, 0.6) is 0 Å². The van der Waals surface area contributed by atoms with Gasteiger partial charge in [0.05, 0.1) is 23.9 Å². The van der Waals surface area contributed by atoms with Crippen molar-refractivity contribution < 1.29 is 18.4 Å². The van der Waals surface area contributed by atoms with Gasteiger partial charge in [-0.1, -0.05) is 24.3 Å². The quantitative estimate of drug-likeness (QED) is 0.889. The third-order valence-corrected chi connectivity index (χ3v) is 4.49. The Bertz CT molecular complexity index is 925. The number of carbonyl (C=O) groups is 2. The summed E-state index contributed by atoms with van der Waals surface area (Å²) in [7, 11) is 0. The SMILES string of the molecule is O=C1NC2=C(C(=O)N(Cc3ccc(F)cc3)C2)[C@H](c2cccc(F)c2)N1. The summed E-state index contributed by atoms with van der Waals surface area (Å²) in [5.41, 5.74) is 2.19. The topological polar surface area (TPSA) is 61.4 Å². The number of nitrogens with zero attached hydrogens (tertiary/aromatic N) is 1. The summed E-state index contributed by atoms with van der Waals surface area (Å²) in [6.07, 6.45) is 0. The fraction of sp³-hybridized carbons (Fsp3) is 0.158. The van der Waals surface area contributed by atoms with Gasteiger partial charge in [-0.25, -0.2) is 13.6 Å². The van der Waals surface area contributed by atoms with Crippen LogP contribution < -0.4 is 10.6 Å². The highest BCUT2D eigenvalue weighted by atomic mass is 19.1. The summed E-state index contributed by atoms with van der Waals surface area (Å²) in [6.45, 7) is 0.530. The Morgan fingerprint density at radius 3 is 2.54 bits per heavy atom. The lowest BCUT2D eigenvalue weighted by Gasteiger charge is -2.25. The minimum atomic E-state index is -0.708. The fourth-order valence-corrected chi connectivity index (χ4v) is 3.30. The average molecular weight is 355 g/mol. The summed E-state index contributed by atoms with van der Waals surface area (Å²) in [5.74, 6) is -1.03. The number of rotatable bonds is 3. The van der Waals surface area contributed by atoms with Crippen LogP contribution in [-0.4, -0.2) is 23.4 Å². The van der Waals surface area contributed by atoms with E-state index in [1.807, 2.05) is 0 Å². The molecule has 0 radical (unpaired) electrons. The largest absolute Gasteiger partial charge is 0.329 e. The van der Waals surface area contributed by atoms with E-state index in [2.05, 4.69) is 10.6 Å². The molecule has 1 atom stereocenters. The lowest BCUT2D eigenvalue weighted by molar-refractivity contribution is -0.126. The number of halogens is 2. The van der Waals surface area contributed by atoms with Crippen LogP contribution in [0.1, 0.15) is 17.2 Å². The van der Waals surface area contributed by atoms with Crippen molar-refractivity contribution in [3.8, 4) is 0 Å². The molecule has 0 bridgehead atoms. The highest BCUT2D eigenvalue weighted by Crippen LogP contribution is 2.33. The van der Waals surface area contributed by atoms with E-state index in [9.17, 15) is 18.4 Å². The van der Waals surface area contributed by atoms with E-state index in [1.165, 1.54) is 30.3 Å². The number of carbonyl (C=O) groups excluding carboxylic acids is 2. The Morgan fingerprint density at radius 2 is 1.81 bits per heavy atom. The molecule has 5 nitrogen and oxygen atoms in total. The summed E-state index contributed by atoms with van der Waals surface area (Å²) in [6, 6.07) is 10.6. The first-order valence-corrected chi connectivity index (χ1v) is 8.11. The molecule has 0 aliphatic carbocycles. The van der Waals surface area contributed by atoms with Gasteiger partial charge in [0.2, 0.25) is 0 Å². The monoisotopic (exact) mass is 355 g/mol. The van der Waals surface area contributed by atoms with E-state index in [4.69, 9.17) is 0 Å². The van der Waals surface area contributed by atoms with Crippen LogP contribution >= 0.6 is 0 Å². The first-order chi connectivity index (χ1) is 12.5. The van der Waals surface area contributed by atoms with Crippen molar-refractivity contribution in [3.63, 3.8) is 0 Å². The van der Waals surface area contributed by atoms with Crippen LogP contribution in [0.4, 0.5) is 13.6 Å². The van der Waals surface area contributed by atoms with Crippen molar-refractivity contribution in [3.05, 3.63) is 82.6 Å². The van der Waals surface area contributed by atoms with Crippen LogP contribution in [0.25, 0.3) is 0 Å². The van der Waals surface area contributed by atoms with Crippen molar-refractivity contribution >= 4 is 11.9 Å². The highest BCUT2D eigenvalue weighted by Gasteiger charge is 2.40. The van der Waals surface area contributed by atoms with Gasteiger partial charge in [-0.3, -0.25) is 4.79 Å². The van der Waals surface area contributed by atoms with Crippen LogP contribution in [0.15, 0.2) is 59.8 Å². The Morgan fingerprint density at radius 1 is 1.04 bits per heavy atom. The number of benzene rings is 2. The maximum absolute atomic E-state index is 13.6. The maximum atomic E-state index is 13.6. The highest BCUT2D eigenvalue weighted by molar-refractivity contribution is 6.01. The van der Waals surface area contributed by atoms with Gasteiger partial charge in [-0.05, 0) is 35.4 Å². The lowest BCUT2D eigenvalue weighted by Crippen LogP contribution is -2.44. The standard InChI is InChI=1S/C19H15F2N3O2/c20-13-6-4-11(5-7-13)9-24-10-15-16(18(24)25)17(23-19(26)22-15)12-2-1-3-14(21)8-12/h1-8,17H,9-10H2,(H2,22,23,26)/t17-/m0/s1. The zero-order valence-corrected chi connectivity index (χ0v) is 13.6. The van der Waals surface area contributed by atoms with E-state index in [0.717, 1.165) is 5.56 Å². The molecular formula is C19H15F2N3O2.